The van der Waals surface area contributed by atoms with Crippen molar-refractivity contribution in [3.8, 4) is 0 Å². The van der Waals surface area contributed by atoms with Gasteiger partial charge >= 0.3 is 0 Å². The second-order valence-electron chi connectivity index (χ2n) is 16.7. The number of ketones is 2. The number of Topliss-reactive ketones (excluding diaryl/α,β-unsaturated/α-hetero) is 2. The van der Waals surface area contributed by atoms with E-state index in [9.17, 15) is 33.6 Å². The first-order valence-corrected chi connectivity index (χ1v) is 21.2. The van der Waals surface area contributed by atoms with E-state index in [2.05, 4.69) is 5.32 Å². The van der Waals surface area contributed by atoms with Gasteiger partial charge in [0.2, 0.25) is 29.5 Å². The monoisotopic (exact) mass is 824 g/mol. The third-order valence-corrected chi connectivity index (χ3v) is 11.6. The molecule has 1 aromatic carbocycles. The minimum absolute atomic E-state index is 0.0399. The highest BCUT2D eigenvalue weighted by Gasteiger charge is 2.37. The normalized spacial score (nSPS) is 17.6. The quantitative estimate of drug-likeness (QED) is 0.130. The molecule has 1 unspecified atom stereocenters. The van der Waals surface area contributed by atoms with Crippen molar-refractivity contribution in [2.24, 2.45) is 5.92 Å². The van der Waals surface area contributed by atoms with Gasteiger partial charge in [0, 0.05) is 40.7 Å². The van der Waals surface area contributed by atoms with Crippen LogP contribution in [0.5, 0.6) is 0 Å². The zero-order chi connectivity index (χ0) is 44.6. The molecule has 59 heavy (non-hydrogen) atoms. The summed E-state index contributed by atoms with van der Waals surface area (Å²) in [4.78, 5) is 103. The molecule has 0 spiro atoms. The Labute approximate surface area is 353 Å². The smallest absolute Gasteiger partial charge is 0.245 e. The van der Waals surface area contributed by atoms with Crippen LogP contribution in [0.1, 0.15) is 90.7 Å². The third kappa shape index (κ3) is 15.3. The largest absolute Gasteiger partial charge is 0.345 e. The van der Waals surface area contributed by atoms with E-state index in [1.54, 1.807) is 49.9 Å². The molecule has 2 rings (SSSR count). The lowest BCUT2D eigenvalue weighted by Gasteiger charge is -2.37. The van der Waals surface area contributed by atoms with Crippen LogP contribution in [0.25, 0.3) is 0 Å². The Kier molecular flexibility index (Phi) is 21.1. The van der Waals surface area contributed by atoms with Gasteiger partial charge in [-0.3, -0.25) is 43.4 Å². The van der Waals surface area contributed by atoms with Crippen LogP contribution in [0.4, 0.5) is 0 Å². The number of nitrogens with zero attached hydrogens (tertiary/aromatic N) is 6. The summed E-state index contributed by atoms with van der Waals surface area (Å²) in [7, 11) is 12.1. The van der Waals surface area contributed by atoms with Crippen molar-refractivity contribution in [2.75, 3.05) is 69.0 Å². The molecule has 1 aliphatic heterocycles. The SMILES string of the molecule is CC[C@H](C)[C@H](NC(=O)C(CCCCc1ccc(C[C@@H](C(=O)N(C)CC(C)=O)N2CC/C=C\C[C@H](N(C)C)C2=O)cc1)N(C)C(=O)C[C@@H](C(=O)N(C)CC)N(C)C)C(C)=O. The number of carbonyl (C=O) groups excluding carboxylic acids is 7. The molecule has 1 heterocycles. The molecule has 0 saturated carbocycles. The molecule has 1 aromatic rings. The van der Waals surface area contributed by atoms with Crippen molar-refractivity contribution >= 4 is 41.1 Å². The predicted octanol–water partition coefficient (Wildman–Crippen LogP) is 3.21. The second kappa shape index (κ2) is 24.6. The molecule has 0 aliphatic carbocycles. The van der Waals surface area contributed by atoms with Crippen molar-refractivity contribution in [3.05, 3.63) is 47.5 Å². The van der Waals surface area contributed by atoms with E-state index in [-0.39, 0.29) is 54.1 Å². The number of hydrogen-bond donors (Lipinski definition) is 1. The molecular formula is C45H73N7O7. The van der Waals surface area contributed by atoms with Crippen molar-refractivity contribution in [3.63, 3.8) is 0 Å². The van der Waals surface area contributed by atoms with Crippen LogP contribution in [0, 0.1) is 5.92 Å². The minimum Gasteiger partial charge on any atom is -0.345 e. The van der Waals surface area contributed by atoms with Gasteiger partial charge in [-0.1, -0.05) is 63.1 Å². The lowest BCUT2D eigenvalue weighted by Crippen LogP contribution is -2.56. The van der Waals surface area contributed by atoms with Gasteiger partial charge in [0.1, 0.15) is 17.9 Å². The van der Waals surface area contributed by atoms with E-state index in [1.165, 1.54) is 23.6 Å². The molecule has 1 aliphatic rings. The highest BCUT2D eigenvalue weighted by molar-refractivity contribution is 5.94. The average molecular weight is 824 g/mol. The van der Waals surface area contributed by atoms with Crippen LogP contribution in [-0.4, -0.2) is 170 Å². The summed E-state index contributed by atoms with van der Waals surface area (Å²) in [6, 6.07) is 4.54. The van der Waals surface area contributed by atoms with Crippen molar-refractivity contribution in [1.29, 1.82) is 0 Å². The van der Waals surface area contributed by atoms with E-state index in [0.717, 1.165) is 11.1 Å². The predicted molar refractivity (Wildman–Crippen MR) is 231 cm³/mol. The van der Waals surface area contributed by atoms with Crippen molar-refractivity contribution in [1.82, 2.24) is 34.7 Å². The summed E-state index contributed by atoms with van der Waals surface area (Å²) in [6.45, 7) is 9.49. The maximum absolute atomic E-state index is 13.9. The summed E-state index contributed by atoms with van der Waals surface area (Å²) < 4.78 is 0. The molecule has 0 aromatic heterocycles. The van der Waals surface area contributed by atoms with Gasteiger partial charge in [0.05, 0.1) is 31.1 Å². The molecule has 0 fully saturated rings. The van der Waals surface area contributed by atoms with Crippen LogP contribution >= 0.6 is 0 Å². The van der Waals surface area contributed by atoms with Gasteiger partial charge in [0.25, 0.3) is 0 Å². The Morgan fingerprint density at radius 1 is 0.831 bits per heavy atom. The molecule has 330 valence electrons. The maximum atomic E-state index is 13.9. The Balaban J connectivity index is 2.27. The number of amides is 5. The molecule has 1 N–H and O–H groups in total. The zero-order valence-electron chi connectivity index (χ0n) is 38.0. The Bertz CT molecular complexity index is 1610. The van der Waals surface area contributed by atoms with Gasteiger partial charge in [-0.2, -0.15) is 0 Å². The van der Waals surface area contributed by atoms with E-state index >= 15 is 0 Å². The fourth-order valence-electron chi connectivity index (χ4n) is 7.44. The summed E-state index contributed by atoms with van der Waals surface area (Å²) in [5, 5.41) is 2.93. The molecule has 6 atom stereocenters. The van der Waals surface area contributed by atoms with Gasteiger partial charge in [-0.15, -0.1) is 0 Å². The van der Waals surface area contributed by atoms with Gasteiger partial charge in [-0.25, -0.2) is 0 Å². The number of nitrogens with one attached hydrogen (secondary N) is 1. The standard InChI is InChI=1S/C45H73N7O7/c1-13-31(3)41(33(5)54)46-42(56)36(51(12)40(55)29-38(48(8)9)43(57)49(10)14-2)21-18-17-20-34-23-25-35(26-24-34)28-39(44(58)50(11)30-32(4)53)52-27-19-15-16-22-37(45(52)59)47(6)7/h15-16,23-26,31,36-39,41H,13-14,17-22,27-30H2,1-12H3,(H,46,56)/b16-15-/t31-,36?,37-,38-,39-,41-/m0/s1. The lowest BCUT2D eigenvalue weighted by atomic mass is 9.95. The summed E-state index contributed by atoms with van der Waals surface area (Å²) in [5.74, 6) is -1.68. The summed E-state index contributed by atoms with van der Waals surface area (Å²) >= 11 is 0. The van der Waals surface area contributed by atoms with Crippen molar-refractivity contribution in [2.45, 2.75) is 123 Å². The van der Waals surface area contributed by atoms with E-state index in [4.69, 9.17) is 0 Å². The first-order valence-electron chi connectivity index (χ1n) is 21.2. The Morgan fingerprint density at radius 2 is 1.46 bits per heavy atom. The highest BCUT2D eigenvalue weighted by atomic mass is 16.2. The van der Waals surface area contributed by atoms with Gasteiger partial charge in [-0.05, 0) is 98.1 Å². The summed E-state index contributed by atoms with van der Waals surface area (Å²) in [6.07, 6.45) is 8.50. The van der Waals surface area contributed by atoms with Crippen LogP contribution in [0.15, 0.2) is 36.4 Å². The number of benzene rings is 1. The first-order chi connectivity index (χ1) is 27.7. The molecule has 14 nitrogen and oxygen atoms in total. The number of unbranched alkanes of at least 4 members (excludes halogenated alkanes) is 1. The fourth-order valence-corrected chi connectivity index (χ4v) is 7.44. The lowest BCUT2D eigenvalue weighted by molar-refractivity contribution is -0.148. The second-order valence-corrected chi connectivity index (χ2v) is 16.7. The van der Waals surface area contributed by atoms with Crippen LogP contribution in [0.2, 0.25) is 0 Å². The summed E-state index contributed by atoms with van der Waals surface area (Å²) in [5.41, 5.74) is 1.93. The van der Waals surface area contributed by atoms with Gasteiger partial charge < -0.3 is 24.9 Å². The number of likely N-dealkylation sites (N-methyl/N-ethyl adjacent to an activating group) is 5. The number of aryl methyl sites for hydroxylation is 1. The van der Waals surface area contributed by atoms with E-state index in [1.807, 2.05) is 76.2 Å². The van der Waals surface area contributed by atoms with Crippen LogP contribution < -0.4 is 5.32 Å². The fraction of sp³-hybridized carbons (Fsp3) is 0.667. The Hall–Kier alpha value is -4.43. The molecule has 0 radical (unpaired) electrons. The molecule has 0 saturated heterocycles. The molecule has 14 heteroatoms. The topological polar surface area (TPSA) is 151 Å². The zero-order valence-corrected chi connectivity index (χ0v) is 38.0. The highest BCUT2D eigenvalue weighted by Crippen LogP contribution is 2.21. The van der Waals surface area contributed by atoms with E-state index in [0.29, 0.717) is 64.5 Å². The minimum atomic E-state index is -0.846. The van der Waals surface area contributed by atoms with Crippen LogP contribution in [-0.2, 0) is 46.4 Å². The Morgan fingerprint density at radius 3 is 2.00 bits per heavy atom. The average Bonchev–Trinajstić information content (AvgIpc) is 3.18. The first kappa shape index (κ1) is 50.7. The van der Waals surface area contributed by atoms with Crippen molar-refractivity contribution < 1.29 is 33.6 Å². The number of rotatable bonds is 23. The molecular weight excluding hydrogens is 751 g/mol. The van der Waals surface area contributed by atoms with E-state index < -0.39 is 36.1 Å². The molecule has 0 bridgehead atoms. The third-order valence-electron chi connectivity index (χ3n) is 11.6. The van der Waals surface area contributed by atoms with Gasteiger partial charge in [0.15, 0.2) is 5.78 Å². The number of carbonyl (C=O) groups is 7. The van der Waals surface area contributed by atoms with Crippen LogP contribution in [0.3, 0.4) is 0 Å². The number of hydrogen-bond acceptors (Lipinski definition) is 9. The maximum Gasteiger partial charge on any atom is 0.245 e. The molecule has 5 amide bonds.